The normalized spacial score (nSPS) is 13.0. The highest BCUT2D eigenvalue weighted by Gasteiger charge is 2.19. The van der Waals surface area contributed by atoms with E-state index in [1.165, 1.54) is 89.9 Å². The molecule has 0 aliphatic carbocycles. The molecular weight excluding hydrogens is 901 g/mol. The first-order valence-electron chi connectivity index (χ1n) is 30.0. The van der Waals surface area contributed by atoms with Crippen LogP contribution >= 0.6 is 0 Å². The van der Waals surface area contributed by atoms with Gasteiger partial charge < -0.3 is 14.2 Å². The quantitative estimate of drug-likeness (QED) is 0.0261. The van der Waals surface area contributed by atoms with Gasteiger partial charge in [0, 0.05) is 19.3 Å². The molecule has 0 saturated heterocycles. The van der Waals surface area contributed by atoms with E-state index >= 15 is 0 Å². The van der Waals surface area contributed by atoms with Crippen LogP contribution in [0.1, 0.15) is 265 Å². The molecule has 0 aliphatic rings. The fourth-order valence-corrected chi connectivity index (χ4v) is 7.96. The molecule has 0 aliphatic heterocycles. The number of carbonyl (C=O) groups excluding carboxylic acids is 3. The Balaban J connectivity index is 4.32. The zero-order chi connectivity index (χ0) is 52.9. The van der Waals surface area contributed by atoms with Gasteiger partial charge in [-0.15, -0.1) is 0 Å². The van der Waals surface area contributed by atoms with Crippen LogP contribution in [0, 0.1) is 0 Å². The van der Waals surface area contributed by atoms with Gasteiger partial charge in [0.05, 0.1) is 0 Å². The molecule has 0 aromatic rings. The molecule has 414 valence electrons. The summed E-state index contributed by atoms with van der Waals surface area (Å²) in [5, 5.41) is 0. The molecule has 0 aromatic carbocycles. The van der Waals surface area contributed by atoms with Crippen LogP contribution in [-0.4, -0.2) is 37.2 Å². The smallest absolute Gasteiger partial charge is 0.306 e. The van der Waals surface area contributed by atoms with E-state index in [4.69, 9.17) is 14.2 Å². The molecule has 73 heavy (non-hydrogen) atoms. The van der Waals surface area contributed by atoms with Gasteiger partial charge in [-0.1, -0.05) is 251 Å². The maximum atomic E-state index is 12.8. The number of allylic oxidation sites excluding steroid dienone is 20. The van der Waals surface area contributed by atoms with Crippen LogP contribution in [0.3, 0.4) is 0 Å². The Morgan fingerprint density at radius 3 is 0.863 bits per heavy atom. The van der Waals surface area contributed by atoms with Crippen LogP contribution in [0.2, 0.25) is 0 Å². The fraction of sp³-hybridized carbons (Fsp3) is 0.657. The highest BCUT2D eigenvalue weighted by molar-refractivity contribution is 5.71. The molecule has 0 amide bonds. The van der Waals surface area contributed by atoms with Crippen molar-refractivity contribution in [2.24, 2.45) is 0 Å². The minimum Gasteiger partial charge on any atom is -0.462 e. The average molecular weight is 1010 g/mol. The highest BCUT2D eigenvalue weighted by Crippen LogP contribution is 2.14. The average Bonchev–Trinajstić information content (AvgIpc) is 3.39. The van der Waals surface area contributed by atoms with Crippen LogP contribution in [0.4, 0.5) is 0 Å². The monoisotopic (exact) mass is 1010 g/mol. The van der Waals surface area contributed by atoms with Gasteiger partial charge in [0.15, 0.2) is 6.10 Å². The zero-order valence-corrected chi connectivity index (χ0v) is 47.4. The summed E-state index contributed by atoms with van der Waals surface area (Å²) in [4.78, 5) is 38.1. The minimum atomic E-state index is -0.794. The minimum absolute atomic E-state index is 0.0903. The molecule has 1 atom stereocenters. The van der Waals surface area contributed by atoms with E-state index in [0.717, 1.165) is 135 Å². The third kappa shape index (κ3) is 58.6. The number of rotatable bonds is 53. The third-order valence-corrected chi connectivity index (χ3v) is 12.5. The first-order chi connectivity index (χ1) is 36.0. The lowest BCUT2D eigenvalue weighted by Crippen LogP contribution is -2.30. The number of esters is 3. The van der Waals surface area contributed by atoms with Crippen molar-refractivity contribution in [3.8, 4) is 0 Å². The zero-order valence-electron chi connectivity index (χ0n) is 47.4. The van der Waals surface area contributed by atoms with Gasteiger partial charge in [-0.3, -0.25) is 14.4 Å². The maximum absolute atomic E-state index is 12.8. The van der Waals surface area contributed by atoms with Gasteiger partial charge in [-0.2, -0.15) is 0 Å². The summed E-state index contributed by atoms with van der Waals surface area (Å²) in [6.07, 6.45) is 83.4. The lowest BCUT2D eigenvalue weighted by Gasteiger charge is -2.18. The second-order valence-corrected chi connectivity index (χ2v) is 19.5. The Bertz CT molecular complexity index is 1540. The van der Waals surface area contributed by atoms with Gasteiger partial charge in [0.1, 0.15) is 13.2 Å². The molecular formula is C67H110O6. The molecule has 0 rings (SSSR count). The van der Waals surface area contributed by atoms with E-state index in [2.05, 4.69) is 142 Å². The van der Waals surface area contributed by atoms with Crippen molar-refractivity contribution in [1.82, 2.24) is 0 Å². The topological polar surface area (TPSA) is 78.9 Å². The van der Waals surface area contributed by atoms with E-state index in [1.807, 2.05) is 0 Å². The summed E-state index contributed by atoms with van der Waals surface area (Å²) in [6.45, 7) is 6.45. The van der Waals surface area contributed by atoms with Crippen LogP contribution in [0.15, 0.2) is 122 Å². The lowest BCUT2D eigenvalue weighted by atomic mass is 10.1. The second kappa shape index (κ2) is 60.4. The van der Waals surface area contributed by atoms with E-state index < -0.39 is 6.10 Å². The largest absolute Gasteiger partial charge is 0.462 e. The van der Waals surface area contributed by atoms with Gasteiger partial charge in [0.25, 0.3) is 0 Å². The Kier molecular flexibility index (Phi) is 56.9. The SMILES string of the molecule is CC/C=C\C/C=C\C/C=C\C/C=C\C/C=C\C/C=C\C/C=C\C/C=C\CCCCCCC(=O)OCC(COC(=O)CCCCCCCCCCC)OC(=O)CCCCCCCCC/C=C\C/C=C\CCCCC. The molecule has 6 nitrogen and oxygen atoms in total. The van der Waals surface area contributed by atoms with E-state index in [0.29, 0.717) is 19.3 Å². The fourth-order valence-electron chi connectivity index (χ4n) is 7.96. The summed E-state index contributed by atoms with van der Waals surface area (Å²) >= 11 is 0. The summed E-state index contributed by atoms with van der Waals surface area (Å²) in [5.74, 6) is -0.927. The molecule has 0 saturated carbocycles. The second-order valence-electron chi connectivity index (χ2n) is 19.5. The summed E-state index contributed by atoms with van der Waals surface area (Å²) in [7, 11) is 0. The predicted molar refractivity (Wildman–Crippen MR) is 316 cm³/mol. The highest BCUT2D eigenvalue weighted by atomic mass is 16.6. The Morgan fingerprint density at radius 1 is 0.288 bits per heavy atom. The summed E-state index contributed by atoms with van der Waals surface area (Å²) < 4.78 is 16.8. The van der Waals surface area contributed by atoms with Crippen LogP contribution in [-0.2, 0) is 28.6 Å². The molecule has 0 heterocycles. The molecule has 0 N–H and O–H groups in total. The van der Waals surface area contributed by atoms with Crippen LogP contribution in [0.5, 0.6) is 0 Å². The Morgan fingerprint density at radius 2 is 0.534 bits per heavy atom. The Labute approximate surface area is 450 Å². The van der Waals surface area contributed by atoms with Crippen molar-refractivity contribution in [1.29, 1.82) is 0 Å². The Hall–Kier alpha value is -4.19. The molecule has 0 aromatic heterocycles. The van der Waals surface area contributed by atoms with Crippen molar-refractivity contribution in [2.75, 3.05) is 13.2 Å². The molecule has 0 spiro atoms. The van der Waals surface area contributed by atoms with E-state index in [1.54, 1.807) is 0 Å². The van der Waals surface area contributed by atoms with Crippen LogP contribution in [0.25, 0.3) is 0 Å². The van der Waals surface area contributed by atoms with Gasteiger partial charge in [-0.05, 0) is 116 Å². The van der Waals surface area contributed by atoms with Crippen molar-refractivity contribution in [3.63, 3.8) is 0 Å². The number of carbonyl (C=O) groups is 3. The maximum Gasteiger partial charge on any atom is 0.306 e. The molecule has 0 fully saturated rings. The van der Waals surface area contributed by atoms with Crippen molar-refractivity contribution in [3.05, 3.63) is 122 Å². The number of unbranched alkanes of at least 4 members (excludes halogenated alkanes) is 22. The van der Waals surface area contributed by atoms with E-state index in [-0.39, 0.29) is 31.1 Å². The number of hydrogen-bond acceptors (Lipinski definition) is 6. The lowest BCUT2D eigenvalue weighted by molar-refractivity contribution is -0.167. The summed E-state index contributed by atoms with van der Waals surface area (Å²) in [6, 6.07) is 0. The summed E-state index contributed by atoms with van der Waals surface area (Å²) in [5.41, 5.74) is 0. The molecule has 6 heteroatoms. The standard InChI is InChI=1S/C67H110O6/c1-4-7-10-13-16-19-21-23-25-27-28-29-30-31-32-33-34-35-36-37-38-40-41-43-45-48-51-54-57-60-66(69)72-63-64(62-71-65(68)59-56-53-50-47-18-15-12-9-6-3)73-67(70)61-58-55-52-49-46-44-42-39-26-24-22-20-17-14-11-8-5-2/h7,10,16-17,19-20,23-26,28-29,31-32,34-35,37-38,41,43,64H,4-6,8-9,11-15,18,21-22,27,30,33,36,39-40,42,44-63H2,1-3H3/b10-7-,19-16-,20-17-,25-23-,26-24-,29-28-,32-31-,35-34-,38-37-,43-41-. The van der Waals surface area contributed by atoms with E-state index in [9.17, 15) is 14.4 Å². The number of hydrogen-bond donors (Lipinski definition) is 0. The molecule has 0 radical (unpaired) electrons. The van der Waals surface area contributed by atoms with Gasteiger partial charge in [0.2, 0.25) is 0 Å². The first kappa shape index (κ1) is 68.8. The molecule has 0 bridgehead atoms. The first-order valence-corrected chi connectivity index (χ1v) is 30.0. The molecule has 1 unspecified atom stereocenters. The van der Waals surface area contributed by atoms with Crippen molar-refractivity contribution >= 4 is 17.9 Å². The third-order valence-electron chi connectivity index (χ3n) is 12.5. The van der Waals surface area contributed by atoms with Crippen molar-refractivity contribution in [2.45, 2.75) is 271 Å². The predicted octanol–water partition coefficient (Wildman–Crippen LogP) is 20.4. The van der Waals surface area contributed by atoms with Gasteiger partial charge in [-0.25, -0.2) is 0 Å². The van der Waals surface area contributed by atoms with Crippen LogP contribution < -0.4 is 0 Å². The van der Waals surface area contributed by atoms with Crippen molar-refractivity contribution < 1.29 is 28.6 Å². The number of ether oxygens (including phenoxy) is 3. The van der Waals surface area contributed by atoms with Gasteiger partial charge >= 0.3 is 17.9 Å².